The van der Waals surface area contributed by atoms with Crippen molar-refractivity contribution in [1.82, 2.24) is 4.98 Å². The molecule has 0 unspecified atom stereocenters. The molecule has 2 heterocycles. The fourth-order valence-corrected chi connectivity index (χ4v) is 3.97. The van der Waals surface area contributed by atoms with E-state index in [-0.39, 0.29) is 5.24 Å². The molecule has 0 fully saturated rings. The van der Waals surface area contributed by atoms with E-state index in [1.54, 1.807) is 17.2 Å². The van der Waals surface area contributed by atoms with Gasteiger partial charge in [0.05, 0.1) is 22.5 Å². The lowest BCUT2D eigenvalue weighted by Gasteiger charge is -2.29. The van der Waals surface area contributed by atoms with Crippen LogP contribution in [-0.2, 0) is 0 Å². The minimum Gasteiger partial charge on any atom is -0.397 e. The van der Waals surface area contributed by atoms with E-state index in [1.807, 2.05) is 25.1 Å². The number of rotatable bonds is 1. The van der Waals surface area contributed by atoms with E-state index in [1.165, 1.54) is 23.5 Å². The van der Waals surface area contributed by atoms with E-state index in [0.717, 1.165) is 15.5 Å². The van der Waals surface area contributed by atoms with Crippen molar-refractivity contribution in [2.24, 2.45) is 0 Å². The van der Waals surface area contributed by atoms with Gasteiger partial charge in [0.2, 0.25) is 0 Å². The minimum absolute atomic E-state index is 0.0557. The molecule has 0 radical (unpaired) electrons. The highest BCUT2D eigenvalue weighted by molar-refractivity contribution is 8.13. The van der Waals surface area contributed by atoms with Crippen LogP contribution in [0.2, 0.25) is 5.02 Å². The molecular weight excluding hydrogens is 326 g/mol. The maximum atomic E-state index is 12.5. The first-order valence-electron chi connectivity index (χ1n) is 6.30. The Bertz CT molecular complexity index is 672. The summed E-state index contributed by atoms with van der Waals surface area (Å²) in [5, 5.41) is 0.581. The van der Waals surface area contributed by atoms with Crippen molar-refractivity contribution in [1.29, 1.82) is 0 Å². The third kappa shape index (κ3) is 2.71. The molecule has 0 aliphatic carbocycles. The summed E-state index contributed by atoms with van der Waals surface area (Å²) in [4.78, 5) is 20.2. The SMILES string of the molecule is CCSC(=O)N1c2ccc(Cl)cc2Sc2cc(N)cnc21. The number of aromatic nitrogens is 1. The number of nitrogens with two attached hydrogens (primary N) is 1. The second-order valence-electron chi connectivity index (χ2n) is 4.34. The zero-order chi connectivity index (χ0) is 15.0. The van der Waals surface area contributed by atoms with Crippen molar-refractivity contribution < 1.29 is 4.79 Å². The highest BCUT2D eigenvalue weighted by atomic mass is 35.5. The van der Waals surface area contributed by atoms with Crippen LogP contribution in [0.4, 0.5) is 22.0 Å². The summed E-state index contributed by atoms with van der Waals surface area (Å²) < 4.78 is 0. The molecule has 0 saturated carbocycles. The predicted molar refractivity (Wildman–Crippen MR) is 89.9 cm³/mol. The Kier molecular flexibility index (Phi) is 4.01. The van der Waals surface area contributed by atoms with Crippen LogP contribution in [0, 0.1) is 0 Å². The summed E-state index contributed by atoms with van der Waals surface area (Å²) in [6.45, 7) is 1.95. The molecular formula is C14H12ClN3OS2. The van der Waals surface area contributed by atoms with Gasteiger partial charge in [-0.25, -0.2) is 4.98 Å². The van der Waals surface area contributed by atoms with Gasteiger partial charge in [0.25, 0.3) is 5.24 Å². The number of pyridine rings is 1. The number of amides is 1. The number of halogens is 1. The van der Waals surface area contributed by atoms with E-state index in [9.17, 15) is 4.79 Å². The number of nitrogens with zero attached hydrogens (tertiary/aromatic N) is 2. The summed E-state index contributed by atoms with van der Waals surface area (Å²) in [7, 11) is 0. The van der Waals surface area contributed by atoms with E-state index < -0.39 is 0 Å². The molecule has 2 N–H and O–H groups in total. The van der Waals surface area contributed by atoms with E-state index in [2.05, 4.69) is 4.98 Å². The van der Waals surface area contributed by atoms with Crippen LogP contribution in [0.5, 0.6) is 0 Å². The molecule has 1 aromatic heterocycles. The van der Waals surface area contributed by atoms with Gasteiger partial charge in [-0.15, -0.1) is 0 Å². The van der Waals surface area contributed by atoms with E-state index in [4.69, 9.17) is 17.3 Å². The van der Waals surface area contributed by atoms with Crippen LogP contribution in [0.3, 0.4) is 0 Å². The number of anilines is 3. The average molecular weight is 338 g/mol. The van der Waals surface area contributed by atoms with E-state index in [0.29, 0.717) is 22.3 Å². The Balaban J connectivity index is 2.16. The average Bonchev–Trinajstić information content (AvgIpc) is 2.44. The Hall–Kier alpha value is -1.37. The normalized spacial score (nSPS) is 12.8. The number of carbonyl (C=O) groups is 1. The molecule has 1 aromatic carbocycles. The third-order valence-corrected chi connectivity index (χ3v) is 4.92. The molecule has 0 spiro atoms. The third-order valence-electron chi connectivity index (χ3n) is 2.90. The largest absolute Gasteiger partial charge is 0.397 e. The summed E-state index contributed by atoms with van der Waals surface area (Å²) in [6, 6.07) is 7.30. The fourth-order valence-electron chi connectivity index (χ4n) is 2.06. The van der Waals surface area contributed by atoms with Gasteiger partial charge >= 0.3 is 0 Å². The Morgan fingerprint density at radius 3 is 3.00 bits per heavy atom. The van der Waals surface area contributed by atoms with Gasteiger partial charge in [0.1, 0.15) is 0 Å². The maximum absolute atomic E-state index is 12.5. The van der Waals surface area contributed by atoms with Gasteiger partial charge in [-0.05, 0) is 30.0 Å². The molecule has 21 heavy (non-hydrogen) atoms. The van der Waals surface area contributed by atoms with Gasteiger partial charge in [0, 0.05) is 9.92 Å². The molecule has 0 atom stereocenters. The lowest BCUT2D eigenvalue weighted by Crippen LogP contribution is -2.26. The van der Waals surface area contributed by atoms with Crippen molar-refractivity contribution in [3.63, 3.8) is 0 Å². The van der Waals surface area contributed by atoms with E-state index >= 15 is 0 Å². The van der Waals surface area contributed by atoms with Crippen LogP contribution >= 0.6 is 35.1 Å². The fraction of sp³-hybridized carbons (Fsp3) is 0.143. The number of nitrogen functional groups attached to an aromatic ring is 1. The van der Waals surface area contributed by atoms with Crippen LogP contribution < -0.4 is 10.6 Å². The molecule has 1 aliphatic rings. The lowest BCUT2D eigenvalue weighted by molar-refractivity contribution is 0.266. The topological polar surface area (TPSA) is 59.2 Å². The van der Waals surface area contributed by atoms with Crippen LogP contribution in [0.25, 0.3) is 0 Å². The second kappa shape index (κ2) is 5.79. The molecule has 4 nitrogen and oxygen atoms in total. The van der Waals surface area contributed by atoms with Crippen molar-refractivity contribution in [2.75, 3.05) is 16.4 Å². The monoisotopic (exact) mass is 337 g/mol. The Labute approximate surface area is 136 Å². The quantitative estimate of drug-likeness (QED) is 0.810. The molecule has 0 bridgehead atoms. The van der Waals surface area contributed by atoms with Gasteiger partial charge in [-0.3, -0.25) is 9.69 Å². The molecule has 7 heteroatoms. The van der Waals surface area contributed by atoms with Crippen LogP contribution in [0.15, 0.2) is 40.3 Å². The molecule has 1 amide bonds. The Morgan fingerprint density at radius 1 is 1.43 bits per heavy atom. The first kappa shape index (κ1) is 14.6. The van der Waals surface area contributed by atoms with Crippen LogP contribution in [-0.4, -0.2) is 16.0 Å². The number of hydrogen-bond acceptors (Lipinski definition) is 5. The number of carbonyl (C=O) groups excluding carboxylic acids is 1. The van der Waals surface area contributed by atoms with Crippen molar-refractivity contribution in [3.8, 4) is 0 Å². The second-order valence-corrected chi connectivity index (χ2v) is 7.07. The van der Waals surface area contributed by atoms with Crippen molar-refractivity contribution in [2.45, 2.75) is 16.7 Å². The molecule has 1 aliphatic heterocycles. The zero-order valence-electron chi connectivity index (χ0n) is 11.2. The standard InChI is InChI=1S/C14H12ClN3OS2/c1-2-20-14(19)18-10-4-3-8(15)5-11(10)21-12-6-9(16)7-17-13(12)18/h3-7H,2,16H2,1H3. The zero-order valence-corrected chi connectivity index (χ0v) is 13.6. The van der Waals surface area contributed by atoms with Gasteiger partial charge in [0.15, 0.2) is 5.82 Å². The lowest BCUT2D eigenvalue weighted by atomic mass is 10.2. The highest BCUT2D eigenvalue weighted by Gasteiger charge is 2.29. The summed E-state index contributed by atoms with van der Waals surface area (Å²) in [6.07, 6.45) is 1.57. The maximum Gasteiger partial charge on any atom is 0.291 e. The Morgan fingerprint density at radius 2 is 2.24 bits per heavy atom. The van der Waals surface area contributed by atoms with Crippen LogP contribution in [0.1, 0.15) is 6.92 Å². The predicted octanol–water partition coefficient (Wildman–Crippen LogP) is 4.79. The molecule has 108 valence electrons. The van der Waals surface area contributed by atoms with Gasteiger partial charge < -0.3 is 5.73 Å². The molecule has 3 rings (SSSR count). The first-order chi connectivity index (χ1) is 10.1. The van der Waals surface area contributed by atoms with Crippen molar-refractivity contribution >= 4 is 57.6 Å². The van der Waals surface area contributed by atoms with Gasteiger partial charge in [-0.1, -0.05) is 42.0 Å². The molecule has 0 saturated heterocycles. The van der Waals surface area contributed by atoms with Gasteiger partial charge in [-0.2, -0.15) is 0 Å². The smallest absolute Gasteiger partial charge is 0.291 e. The number of fused-ring (bicyclic) bond motifs is 2. The molecule has 2 aromatic rings. The van der Waals surface area contributed by atoms with Crippen molar-refractivity contribution in [3.05, 3.63) is 35.5 Å². The number of benzene rings is 1. The number of thioether (sulfide) groups is 1. The highest BCUT2D eigenvalue weighted by Crippen LogP contribution is 2.49. The number of hydrogen-bond donors (Lipinski definition) is 1. The summed E-state index contributed by atoms with van der Waals surface area (Å²) >= 11 is 8.83. The first-order valence-corrected chi connectivity index (χ1v) is 8.48. The summed E-state index contributed by atoms with van der Waals surface area (Å²) in [5.41, 5.74) is 7.18. The minimum atomic E-state index is -0.0557. The summed E-state index contributed by atoms with van der Waals surface area (Å²) in [5.74, 6) is 1.32.